The van der Waals surface area contributed by atoms with E-state index in [-0.39, 0.29) is 17.9 Å². The smallest absolute Gasteiger partial charge is 0.230 e. The lowest BCUT2D eigenvalue weighted by molar-refractivity contribution is -0.121. The zero-order valence-electron chi connectivity index (χ0n) is 9.07. The first kappa shape index (κ1) is 11.9. The predicted molar refractivity (Wildman–Crippen MR) is 71.3 cm³/mol. The molecular weight excluding hydrogens is 317 g/mol. The highest BCUT2D eigenvalue weighted by atomic mass is 127. The summed E-state index contributed by atoms with van der Waals surface area (Å²) in [4.78, 5) is 11.9. The maximum atomic E-state index is 11.9. The minimum absolute atomic E-state index is 0.0159. The number of carbonyl (C=O) groups is 1. The van der Waals surface area contributed by atoms with Crippen LogP contribution >= 0.6 is 22.6 Å². The van der Waals surface area contributed by atoms with Gasteiger partial charge < -0.3 is 10.1 Å². The summed E-state index contributed by atoms with van der Waals surface area (Å²) in [5, 5.41) is 2.93. The molecule has 2 unspecified atom stereocenters. The molecule has 1 aliphatic rings. The third-order valence-electron chi connectivity index (χ3n) is 2.81. The van der Waals surface area contributed by atoms with Crippen molar-refractivity contribution in [1.29, 1.82) is 0 Å². The van der Waals surface area contributed by atoms with Crippen molar-refractivity contribution in [1.82, 2.24) is 0 Å². The maximum Gasteiger partial charge on any atom is 0.230 e. The molecule has 0 radical (unpaired) electrons. The number of amides is 1. The second-order valence-electron chi connectivity index (χ2n) is 3.97. The van der Waals surface area contributed by atoms with Crippen molar-refractivity contribution in [2.45, 2.75) is 19.4 Å². The molecule has 4 heteroatoms. The molecule has 3 nitrogen and oxygen atoms in total. The van der Waals surface area contributed by atoms with Gasteiger partial charge in [-0.05, 0) is 54.1 Å². The monoisotopic (exact) mass is 331 g/mol. The van der Waals surface area contributed by atoms with Gasteiger partial charge in [0.05, 0.1) is 12.0 Å². The molecule has 1 aromatic carbocycles. The minimum atomic E-state index is -0.0159. The van der Waals surface area contributed by atoms with E-state index in [1.807, 2.05) is 31.2 Å². The Morgan fingerprint density at radius 3 is 3.00 bits per heavy atom. The van der Waals surface area contributed by atoms with Gasteiger partial charge in [-0.3, -0.25) is 4.79 Å². The van der Waals surface area contributed by atoms with Crippen molar-refractivity contribution in [3.05, 3.63) is 27.8 Å². The van der Waals surface area contributed by atoms with E-state index in [0.717, 1.165) is 15.7 Å². The van der Waals surface area contributed by atoms with Crippen LogP contribution < -0.4 is 5.32 Å². The number of nitrogens with one attached hydrogen (secondary N) is 1. The molecule has 1 N–H and O–H groups in total. The van der Waals surface area contributed by atoms with Crippen molar-refractivity contribution in [2.24, 2.45) is 5.92 Å². The summed E-state index contributed by atoms with van der Waals surface area (Å²) in [5.41, 5.74) is 0.857. The summed E-state index contributed by atoms with van der Waals surface area (Å²) in [5.74, 6) is 0.0462. The van der Waals surface area contributed by atoms with Crippen LogP contribution in [0.5, 0.6) is 0 Å². The number of rotatable bonds is 2. The van der Waals surface area contributed by atoms with Crippen molar-refractivity contribution in [2.75, 3.05) is 11.9 Å². The SMILES string of the molecule is CC1OCCC1C(=O)Nc1cccc(I)c1. The molecule has 1 saturated heterocycles. The van der Waals surface area contributed by atoms with Crippen LogP contribution in [0.4, 0.5) is 5.69 Å². The van der Waals surface area contributed by atoms with Gasteiger partial charge in [-0.1, -0.05) is 6.07 Å². The van der Waals surface area contributed by atoms with Gasteiger partial charge in [-0.15, -0.1) is 0 Å². The van der Waals surface area contributed by atoms with Crippen LogP contribution in [0.2, 0.25) is 0 Å². The third-order valence-corrected chi connectivity index (χ3v) is 3.48. The zero-order chi connectivity index (χ0) is 11.5. The van der Waals surface area contributed by atoms with E-state index in [1.165, 1.54) is 0 Å². The molecule has 86 valence electrons. The summed E-state index contributed by atoms with van der Waals surface area (Å²) in [6.45, 7) is 2.64. The minimum Gasteiger partial charge on any atom is -0.378 e. The zero-order valence-corrected chi connectivity index (χ0v) is 11.2. The van der Waals surface area contributed by atoms with E-state index in [4.69, 9.17) is 4.74 Å². The Bertz CT molecular complexity index is 394. The number of carbonyl (C=O) groups excluding carboxylic acids is 1. The molecule has 1 fully saturated rings. The van der Waals surface area contributed by atoms with E-state index >= 15 is 0 Å². The summed E-state index contributed by atoms with van der Waals surface area (Å²) in [6, 6.07) is 7.79. The lowest BCUT2D eigenvalue weighted by Crippen LogP contribution is -2.27. The standard InChI is InChI=1S/C12H14INO2/c1-8-11(5-6-16-8)12(15)14-10-4-2-3-9(13)7-10/h2-4,7-8,11H,5-6H2,1H3,(H,14,15). The Balaban J connectivity index is 2.02. The van der Waals surface area contributed by atoms with Gasteiger partial charge in [-0.25, -0.2) is 0 Å². The van der Waals surface area contributed by atoms with Crippen molar-refractivity contribution in [3.8, 4) is 0 Å². The molecule has 0 aliphatic carbocycles. The average Bonchev–Trinajstić information content (AvgIpc) is 2.64. The first-order valence-electron chi connectivity index (χ1n) is 5.35. The van der Waals surface area contributed by atoms with E-state index in [1.54, 1.807) is 0 Å². The van der Waals surface area contributed by atoms with Gasteiger partial charge in [0.2, 0.25) is 5.91 Å². The molecule has 0 aromatic heterocycles. The summed E-state index contributed by atoms with van der Waals surface area (Å²) < 4.78 is 6.50. The summed E-state index contributed by atoms with van der Waals surface area (Å²) >= 11 is 2.23. The van der Waals surface area contributed by atoms with Gasteiger partial charge >= 0.3 is 0 Å². The molecule has 16 heavy (non-hydrogen) atoms. The Hall–Kier alpha value is -0.620. The molecule has 2 atom stereocenters. The summed E-state index contributed by atoms with van der Waals surface area (Å²) in [6.07, 6.45) is 0.847. The lowest BCUT2D eigenvalue weighted by Gasteiger charge is -2.14. The van der Waals surface area contributed by atoms with Gasteiger partial charge in [0.1, 0.15) is 0 Å². The van der Waals surface area contributed by atoms with Gasteiger partial charge in [0.25, 0.3) is 0 Å². The summed E-state index contributed by atoms with van der Waals surface area (Å²) in [7, 11) is 0. The Labute approximate surface area is 109 Å². The molecule has 0 spiro atoms. The number of halogens is 1. The third kappa shape index (κ3) is 2.74. The molecule has 2 rings (SSSR count). The number of benzene rings is 1. The highest BCUT2D eigenvalue weighted by molar-refractivity contribution is 14.1. The number of ether oxygens (including phenoxy) is 1. The largest absolute Gasteiger partial charge is 0.378 e. The Kier molecular flexibility index (Phi) is 3.81. The second-order valence-corrected chi connectivity index (χ2v) is 5.22. The second kappa shape index (κ2) is 5.14. The van der Waals surface area contributed by atoms with Crippen LogP contribution in [-0.2, 0) is 9.53 Å². The first-order chi connectivity index (χ1) is 7.66. The van der Waals surface area contributed by atoms with Crippen molar-refractivity contribution in [3.63, 3.8) is 0 Å². The average molecular weight is 331 g/mol. The fraction of sp³-hybridized carbons (Fsp3) is 0.417. The Morgan fingerprint density at radius 2 is 2.38 bits per heavy atom. The molecule has 1 amide bonds. The topological polar surface area (TPSA) is 38.3 Å². The van der Waals surface area contributed by atoms with Crippen LogP contribution in [0.15, 0.2) is 24.3 Å². The van der Waals surface area contributed by atoms with Crippen LogP contribution in [0.25, 0.3) is 0 Å². The highest BCUT2D eigenvalue weighted by Gasteiger charge is 2.30. The van der Waals surface area contributed by atoms with Crippen LogP contribution in [0.3, 0.4) is 0 Å². The van der Waals surface area contributed by atoms with Crippen LogP contribution in [0, 0.1) is 9.49 Å². The van der Waals surface area contributed by atoms with Crippen molar-refractivity contribution < 1.29 is 9.53 Å². The first-order valence-corrected chi connectivity index (χ1v) is 6.43. The highest BCUT2D eigenvalue weighted by Crippen LogP contribution is 2.22. The van der Waals surface area contributed by atoms with E-state index in [9.17, 15) is 4.79 Å². The molecule has 0 bridgehead atoms. The van der Waals surface area contributed by atoms with Crippen LogP contribution in [-0.4, -0.2) is 18.6 Å². The Morgan fingerprint density at radius 1 is 1.56 bits per heavy atom. The molecule has 1 heterocycles. The van der Waals surface area contributed by atoms with Gasteiger partial charge in [-0.2, -0.15) is 0 Å². The van der Waals surface area contributed by atoms with E-state index < -0.39 is 0 Å². The predicted octanol–water partition coefficient (Wildman–Crippen LogP) is 2.65. The number of hydrogen-bond donors (Lipinski definition) is 1. The molecule has 1 aliphatic heterocycles. The van der Waals surface area contributed by atoms with Crippen molar-refractivity contribution >= 4 is 34.2 Å². The normalized spacial score (nSPS) is 24.4. The maximum absolute atomic E-state index is 11.9. The molecule has 0 saturated carbocycles. The molecular formula is C12H14INO2. The number of anilines is 1. The van der Waals surface area contributed by atoms with Gasteiger partial charge in [0, 0.05) is 15.9 Å². The lowest BCUT2D eigenvalue weighted by atomic mass is 10.0. The van der Waals surface area contributed by atoms with E-state index in [0.29, 0.717) is 6.61 Å². The molecule has 1 aromatic rings. The van der Waals surface area contributed by atoms with Crippen LogP contribution in [0.1, 0.15) is 13.3 Å². The van der Waals surface area contributed by atoms with Gasteiger partial charge in [0.15, 0.2) is 0 Å². The van der Waals surface area contributed by atoms with E-state index in [2.05, 4.69) is 27.9 Å². The number of hydrogen-bond acceptors (Lipinski definition) is 2. The quantitative estimate of drug-likeness (QED) is 0.846. The fourth-order valence-corrected chi connectivity index (χ4v) is 2.42. The fourth-order valence-electron chi connectivity index (χ4n) is 1.88.